The third kappa shape index (κ3) is 4.39. The number of nitrogens with zero attached hydrogens (tertiary/aromatic N) is 2. The van der Waals surface area contributed by atoms with Crippen molar-refractivity contribution in [2.45, 2.75) is 17.4 Å². The number of aromatic nitrogens is 2. The monoisotopic (exact) mass is 366 g/mol. The normalized spacial score (nSPS) is 12.0. The molecule has 0 spiro atoms. The molecule has 7 nitrogen and oxygen atoms in total. The molecule has 0 fully saturated rings. The van der Waals surface area contributed by atoms with Crippen LogP contribution in [-0.2, 0) is 21.0 Å². The Hall–Kier alpha value is -2.21. The lowest BCUT2D eigenvalue weighted by molar-refractivity contribution is -0.137. The fourth-order valence-electron chi connectivity index (χ4n) is 1.45. The van der Waals surface area contributed by atoms with Crippen molar-refractivity contribution < 1.29 is 26.4 Å². The highest BCUT2D eigenvalue weighted by Gasteiger charge is 2.30. The first-order valence-corrected chi connectivity index (χ1v) is 8.19. The maximum Gasteiger partial charge on any atom is 0.416 e. The second-order valence-electron chi connectivity index (χ2n) is 4.23. The lowest BCUT2D eigenvalue weighted by Gasteiger charge is -2.08. The Kier molecular flexibility index (Phi) is 4.56. The second-order valence-corrected chi connectivity index (χ2v) is 7.07. The minimum Gasteiger partial charge on any atom is -0.301 e. The molecule has 0 bridgehead atoms. The molecule has 0 aliphatic rings. The minimum absolute atomic E-state index is 0.00899. The van der Waals surface area contributed by atoms with Crippen LogP contribution in [0.4, 0.5) is 24.0 Å². The Labute approximate surface area is 132 Å². The maximum atomic E-state index is 12.4. The highest BCUT2D eigenvalue weighted by Crippen LogP contribution is 2.30. The zero-order chi connectivity index (χ0) is 17.3. The number of rotatable bonds is 4. The van der Waals surface area contributed by atoms with Gasteiger partial charge in [0.15, 0.2) is 0 Å². The molecule has 2 N–H and O–H groups in total. The Balaban J connectivity index is 2.18. The van der Waals surface area contributed by atoms with Crippen LogP contribution in [0.25, 0.3) is 0 Å². The number of carbonyl (C=O) groups excluding carboxylic acids is 1. The van der Waals surface area contributed by atoms with Crippen LogP contribution in [0.5, 0.6) is 0 Å². The summed E-state index contributed by atoms with van der Waals surface area (Å²) in [4.78, 5) is 10.8. The summed E-state index contributed by atoms with van der Waals surface area (Å²) in [6.45, 7) is 1.22. The SMILES string of the molecule is CC(=O)Nc1nnc(S(=O)(=O)Nc2ccc(C(F)(F)F)cc2)s1. The van der Waals surface area contributed by atoms with E-state index in [1.165, 1.54) is 6.92 Å². The number of amides is 1. The third-order valence-corrected chi connectivity index (χ3v) is 4.97. The van der Waals surface area contributed by atoms with Crippen LogP contribution in [0.2, 0.25) is 0 Å². The average molecular weight is 366 g/mol. The van der Waals surface area contributed by atoms with Gasteiger partial charge in [-0.3, -0.25) is 9.52 Å². The fraction of sp³-hybridized carbons (Fsp3) is 0.182. The van der Waals surface area contributed by atoms with Crippen LogP contribution in [0.1, 0.15) is 12.5 Å². The van der Waals surface area contributed by atoms with Gasteiger partial charge >= 0.3 is 6.18 Å². The van der Waals surface area contributed by atoms with Crippen molar-refractivity contribution in [1.29, 1.82) is 0 Å². The predicted octanol–water partition coefficient (Wildman–Crippen LogP) is 2.32. The van der Waals surface area contributed by atoms with Gasteiger partial charge in [0, 0.05) is 12.6 Å². The Morgan fingerprint density at radius 2 is 1.78 bits per heavy atom. The van der Waals surface area contributed by atoms with E-state index in [1.54, 1.807) is 0 Å². The summed E-state index contributed by atoms with van der Waals surface area (Å²) >= 11 is 0.610. The molecule has 2 aromatic rings. The molecule has 1 amide bonds. The van der Waals surface area contributed by atoms with Gasteiger partial charge in [-0.2, -0.15) is 21.6 Å². The van der Waals surface area contributed by atoms with Crippen molar-refractivity contribution in [2.24, 2.45) is 0 Å². The summed E-state index contributed by atoms with van der Waals surface area (Å²) in [7, 11) is -4.11. The van der Waals surface area contributed by atoms with Crippen molar-refractivity contribution >= 4 is 38.1 Å². The molecule has 0 unspecified atom stereocenters. The largest absolute Gasteiger partial charge is 0.416 e. The Morgan fingerprint density at radius 1 is 1.17 bits per heavy atom. The van der Waals surface area contributed by atoms with Crippen LogP contribution in [0, 0.1) is 0 Å². The van der Waals surface area contributed by atoms with E-state index in [2.05, 4.69) is 20.2 Å². The quantitative estimate of drug-likeness (QED) is 0.809. The Morgan fingerprint density at radius 3 is 2.30 bits per heavy atom. The number of sulfonamides is 1. The molecule has 1 heterocycles. The molecule has 0 radical (unpaired) electrons. The summed E-state index contributed by atoms with van der Waals surface area (Å²) in [5.41, 5.74) is -0.960. The van der Waals surface area contributed by atoms with E-state index in [9.17, 15) is 26.4 Å². The van der Waals surface area contributed by atoms with Gasteiger partial charge in [0.1, 0.15) is 0 Å². The number of halogens is 3. The van der Waals surface area contributed by atoms with E-state index in [1.807, 2.05) is 0 Å². The predicted molar refractivity (Wildman–Crippen MR) is 76.5 cm³/mol. The van der Waals surface area contributed by atoms with E-state index in [-0.39, 0.29) is 10.8 Å². The Bertz CT molecular complexity index is 816. The molecule has 124 valence electrons. The molecule has 1 aromatic carbocycles. The smallest absolute Gasteiger partial charge is 0.301 e. The molecule has 12 heteroatoms. The molecule has 0 saturated carbocycles. The zero-order valence-electron chi connectivity index (χ0n) is 11.4. The molecule has 0 saturated heterocycles. The highest BCUT2D eigenvalue weighted by molar-refractivity contribution is 7.94. The highest BCUT2D eigenvalue weighted by atomic mass is 32.2. The number of carbonyl (C=O) groups is 1. The average Bonchev–Trinajstić information content (AvgIpc) is 2.86. The molecule has 2 rings (SSSR count). The van der Waals surface area contributed by atoms with E-state index in [0.717, 1.165) is 24.3 Å². The van der Waals surface area contributed by atoms with Gasteiger partial charge in [-0.15, -0.1) is 10.2 Å². The number of anilines is 2. The van der Waals surface area contributed by atoms with Gasteiger partial charge < -0.3 is 5.32 Å². The summed E-state index contributed by atoms with van der Waals surface area (Å²) < 4.78 is 63.1. The van der Waals surface area contributed by atoms with Crippen LogP contribution in [-0.4, -0.2) is 24.5 Å². The zero-order valence-corrected chi connectivity index (χ0v) is 13.0. The number of hydrogen-bond donors (Lipinski definition) is 2. The second kappa shape index (κ2) is 6.12. The maximum absolute atomic E-state index is 12.4. The molecular formula is C11H9F3N4O3S2. The first-order chi connectivity index (χ1) is 10.6. The summed E-state index contributed by atoms with van der Waals surface area (Å²) in [5.74, 6) is -0.444. The lowest BCUT2D eigenvalue weighted by atomic mass is 10.2. The molecule has 0 aliphatic carbocycles. The standard InChI is InChI=1S/C11H9F3N4O3S2/c1-6(19)15-9-16-17-10(22-9)23(20,21)18-8-4-2-7(3-5-8)11(12,13)14/h2-5,18H,1H3,(H,15,16,19). The van der Waals surface area contributed by atoms with Crippen molar-refractivity contribution in [3.63, 3.8) is 0 Å². The van der Waals surface area contributed by atoms with E-state index in [4.69, 9.17) is 0 Å². The summed E-state index contributed by atoms with van der Waals surface area (Å²) in [6, 6.07) is 3.47. The van der Waals surface area contributed by atoms with Gasteiger partial charge in [-0.05, 0) is 24.3 Å². The van der Waals surface area contributed by atoms with Gasteiger partial charge in [-0.25, -0.2) is 0 Å². The number of nitrogens with one attached hydrogen (secondary N) is 2. The molecule has 1 aromatic heterocycles. The first-order valence-electron chi connectivity index (χ1n) is 5.89. The van der Waals surface area contributed by atoms with Gasteiger partial charge in [0.05, 0.1) is 5.56 Å². The van der Waals surface area contributed by atoms with E-state index < -0.39 is 32.0 Å². The van der Waals surface area contributed by atoms with Crippen molar-refractivity contribution in [3.8, 4) is 0 Å². The molecule has 0 atom stereocenters. The lowest BCUT2D eigenvalue weighted by Crippen LogP contribution is -2.13. The van der Waals surface area contributed by atoms with Crippen molar-refractivity contribution in [1.82, 2.24) is 10.2 Å². The van der Waals surface area contributed by atoms with Crippen molar-refractivity contribution in [3.05, 3.63) is 29.8 Å². The van der Waals surface area contributed by atoms with E-state index in [0.29, 0.717) is 11.3 Å². The van der Waals surface area contributed by atoms with Gasteiger partial charge in [-0.1, -0.05) is 11.3 Å². The molecule has 0 aliphatic heterocycles. The fourth-order valence-corrected chi connectivity index (χ4v) is 3.45. The first kappa shape index (κ1) is 17.1. The van der Waals surface area contributed by atoms with Crippen molar-refractivity contribution in [2.75, 3.05) is 10.0 Å². The molecular weight excluding hydrogens is 357 g/mol. The third-order valence-electron chi connectivity index (χ3n) is 2.38. The number of alkyl halides is 3. The molecule has 23 heavy (non-hydrogen) atoms. The van der Waals surface area contributed by atoms with Crippen LogP contribution in [0.3, 0.4) is 0 Å². The number of hydrogen-bond acceptors (Lipinski definition) is 6. The van der Waals surface area contributed by atoms with Crippen LogP contribution >= 0.6 is 11.3 Å². The summed E-state index contributed by atoms with van der Waals surface area (Å²) in [6.07, 6.45) is -4.51. The summed E-state index contributed by atoms with van der Waals surface area (Å²) in [5, 5.41) is 9.16. The van der Waals surface area contributed by atoms with E-state index >= 15 is 0 Å². The minimum atomic E-state index is -4.51. The van der Waals surface area contributed by atoms with Crippen LogP contribution in [0.15, 0.2) is 28.6 Å². The van der Waals surface area contributed by atoms with Gasteiger partial charge in [0.25, 0.3) is 14.4 Å². The van der Waals surface area contributed by atoms with Gasteiger partial charge in [0.2, 0.25) is 11.0 Å². The van der Waals surface area contributed by atoms with Crippen LogP contribution < -0.4 is 10.0 Å². The number of benzene rings is 1. The topological polar surface area (TPSA) is 101 Å².